The molecular weight excluding hydrogens is 300 g/mol. The minimum absolute atomic E-state index is 0.0896. The van der Waals surface area contributed by atoms with Gasteiger partial charge in [0.05, 0.1) is 12.2 Å². The van der Waals surface area contributed by atoms with Gasteiger partial charge in [0, 0.05) is 37.9 Å². The van der Waals surface area contributed by atoms with Crippen molar-refractivity contribution in [2.45, 2.75) is 46.3 Å². The van der Waals surface area contributed by atoms with Crippen LogP contribution in [0.5, 0.6) is 0 Å². The van der Waals surface area contributed by atoms with Crippen LogP contribution < -0.4 is 5.32 Å². The van der Waals surface area contributed by atoms with E-state index in [2.05, 4.69) is 43.8 Å². The van der Waals surface area contributed by atoms with E-state index in [1.165, 1.54) is 18.3 Å². The number of nitrogens with zero attached hydrogens (tertiary/aromatic N) is 5. The monoisotopic (exact) mass is 320 g/mol. The smallest absolute Gasteiger partial charge is 0.223 e. The molecule has 2 aromatic rings. The Morgan fingerprint density at radius 1 is 1.41 bits per heavy atom. The Kier molecular flexibility index (Phi) is 4.21. The Balaban J connectivity index is 1.65. The summed E-state index contributed by atoms with van der Waals surface area (Å²) in [5.74, 6) is 2.39. The van der Waals surface area contributed by atoms with Crippen molar-refractivity contribution in [1.82, 2.24) is 24.6 Å². The second-order valence-corrected chi connectivity index (χ2v) is 6.67. The Hall–Kier alpha value is -1.80. The third kappa shape index (κ3) is 3.17. The number of nitrogens with one attached hydrogen (secondary N) is 1. The molecule has 8 heteroatoms. The van der Waals surface area contributed by atoms with Crippen molar-refractivity contribution in [2.75, 3.05) is 11.9 Å². The highest BCUT2D eigenvalue weighted by Gasteiger charge is 2.22. The number of carbonyl (C=O) groups is 1. The highest BCUT2D eigenvalue weighted by atomic mass is 32.1. The number of hydrogen-bond acceptors (Lipinski definition) is 6. The number of hydrogen-bond donors (Lipinski definition) is 1. The number of carbonyl (C=O) groups excluding carboxylic acids is 1. The molecule has 0 saturated carbocycles. The van der Waals surface area contributed by atoms with Gasteiger partial charge in [-0.3, -0.25) is 9.69 Å². The molecule has 3 rings (SSSR count). The number of thiazole rings is 1. The quantitative estimate of drug-likeness (QED) is 0.930. The topological polar surface area (TPSA) is 75.9 Å². The van der Waals surface area contributed by atoms with Crippen LogP contribution in [-0.2, 0) is 24.4 Å². The fourth-order valence-corrected chi connectivity index (χ4v) is 3.36. The highest BCUT2D eigenvalue weighted by molar-refractivity contribution is 7.13. The molecule has 7 nitrogen and oxygen atoms in total. The number of rotatable bonds is 4. The molecule has 0 radical (unpaired) electrons. The summed E-state index contributed by atoms with van der Waals surface area (Å²) >= 11 is 1.46. The summed E-state index contributed by atoms with van der Waals surface area (Å²) in [6, 6.07) is 0. The summed E-state index contributed by atoms with van der Waals surface area (Å²) in [4.78, 5) is 17.8. The Labute approximate surface area is 133 Å². The molecule has 22 heavy (non-hydrogen) atoms. The summed E-state index contributed by atoms with van der Waals surface area (Å²) in [6.45, 7) is 9.19. The van der Waals surface area contributed by atoms with Crippen LogP contribution in [0.1, 0.15) is 44.0 Å². The molecule has 1 aliphatic rings. The second kappa shape index (κ2) is 6.13. The fourth-order valence-electron chi connectivity index (χ4n) is 2.61. The van der Waals surface area contributed by atoms with Gasteiger partial charge in [0.1, 0.15) is 11.6 Å². The van der Waals surface area contributed by atoms with Gasteiger partial charge in [-0.2, -0.15) is 0 Å². The maximum absolute atomic E-state index is 11.0. The Morgan fingerprint density at radius 2 is 2.23 bits per heavy atom. The van der Waals surface area contributed by atoms with E-state index in [0.29, 0.717) is 11.0 Å². The van der Waals surface area contributed by atoms with Crippen molar-refractivity contribution in [2.24, 2.45) is 0 Å². The molecule has 2 aromatic heterocycles. The largest absolute Gasteiger partial charge is 0.312 e. The molecule has 0 aromatic carbocycles. The first kappa shape index (κ1) is 15.1. The van der Waals surface area contributed by atoms with Crippen LogP contribution >= 0.6 is 11.3 Å². The van der Waals surface area contributed by atoms with Gasteiger partial charge in [0.25, 0.3) is 0 Å². The van der Waals surface area contributed by atoms with Crippen LogP contribution in [0.2, 0.25) is 0 Å². The van der Waals surface area contributed by atoms with Gasteiger partial charge in [0.15, 0.2) is 5.13 Å². The zero-order chi connectivity index (χ0) is 15.7. The summed E-state index contributed by atoms with van der Waals surface area (Å²) in [5, 5.41) is 14.0. The van der Waals surface area contributed by atoms with Crippen LogP contribution in [0.3, 0.4) is 0 Å². The molecule has 1 aliphatic heterocycles. The van der Waals surface area contributed by atoms with Gasteiger partial charge in [0.2, 0.25) is 5.91 Å². The molecule has 1 amide bonds. The van der Waals surface area contributed by atoms with Gasteiger partial charge in [-0.05, 0) is 0 Å². The van der Waals surface area contributed by atoms with E-state index < -0.39 is 0 Å². The Morgan fingerprint density at radius 3 is 2.95 bits per heavy atom. The molecule has 0 saturated heterocycles. The van der Waals surface area contributed by atoms with E-state index in [-0.39, 0.29) is 5.91 Å². The molecule has 0 spiro atoms. The first-order valence-electron chi connectivity index (χ1n) is 7.39. The lowest BCUT2D eigenvalue weighted by Gasteiger charge is -2.27. The normalized spacial score (nSPS) is 15.1. The molecular formula is C14H20N6OS. The zero-order valence-electron chi connectivity index (χ0n) is 13.0. The molecule has 118 valence electrons. The van der Waals surface area contributed by atoms with Crippen molar-refractivity contribution in [3.63, 3.8) is 0 Å². The molecule has 0 fully saturated rings. The highest BCUT2D eigenvalue weighted by Crippen LogP contribution is 2.21. The van der Waals surface area contributed by atoms with Crippen molar-refractivity contribution >= 4 is 22.4 Å². The van der Waals surface area contributed by atoms with Gasteiger partial charge in [-0.15, -0.1) is 21.5 Å². The number of anilines is 1. The van der Waals surface area contributed by atoms with E-state index in [1.54, 1.807) is 0 Å². The standard InChI is InChI=1S/C14H20N6OS/c1-9(2)13-18-17-12-7-19(4-5-20(12)13)6-11-8-22-14(16-11)15-10(3)21/h8-9H,4-7H2,1-3H3,(H,15,16,21). The third-order valence-corrected chi connectivity index (χ3v) is 4.40. The van der Waals surface area contributed by atoms with Crippen LogP contribution in [0.25, 0.3) is 0 Å². The molecule has 3 heterocycles. The van der Waals surface area contributed by atoms with Crippen LogP contribution in [0, 0.1) is 0 Å². The third-order valence-electron chi connectivity index (χ3n) is 3.60. The number of amides is 1. The molecule has 0 bridgehead atoms. The lowest BCUT2D eigenvalue weighted by Crippen LogP contribution is -2.34. The van der Waals surface area contributed by atoms with E-state index in [1.807, 2.05) is 5.38 Å². The van der Waals surface area contributed by atoms with E-state index in [4.69, 9.17) is 0 Å². The molecule has 1 N–H and O–H groups in total. The van der Waals surface area contributed by atoms with Gasteiger partial charge < -0.3 is 9.88 Å². The van der Waals surface area contributed by atoms with Gasteiger partial charge >= 0.3 is 0 Å². The molecule has 0 atom stereocenters. The van der Waals surface area contributed by atoms with Gasteiger partial charge in [-0.25, -0.2) is 4.98 Å². The average Bonchev–Trinajstić information content (AvgIpc) is 3.04. The molecule has 0 aliphatic carbocycles. The first-order valence-corrected chi connectivity index (χ1v) is 8.27. The lowest BCUT2D eigenvalue weighted by molar-refractivity contribution is -0.114. The van der Waals surface area contributed by atoms with Crippen LogP contribution in [0.4, 0.5) is 5.13 Å². The summed E-state index contributed by atoms with van der Waals surface area (Å²) in [6.07, 6.45) is 0. The fraction of sp³-hybridized carbons (Fsp3) is 0.571. The minimum atomic E-state index is -0.0896. The number of fused-ring (bicyclic) bond motifs is 1. The van der Waals surface area contributed by atoms with E-state index in [0.717, 1.165) is 43.5 Å². The van der Waals surface area contributed by atoms with Gasteiger partial charge in [-0.1, -0.05) is 13.8 Å². The maximum Gasteiger partial charge on any atom is 0.223 e. The second-order valence-electron chi connectivity index (χ2n) is 5.82. The molecule has 0 unspecified atom stereocenters. The zero-order valence-corrected chi connectivity index (χ0v) is 13.9. The summed E-state index contributed by atoms with van der Waals surface area (Å²) in [5.41, 5.74) is 0.978. The van der Waals surface area contributed by atoms with Crippen LogP contribution in [-0.4, -0.2) is 37.1 Å². The van der Waals surface area contributed by atoms with Crippen molar-refractivity contribution in [1.29, 1.82) is 0 Å². The predicted octanol–water partition coefficient (Wildman–Crippen LogP) is 1.83. The van der Waals surface area contributed by atoms with Crippen LogP contribution in [0.15, 0.2) is 5.38 Å². The first-order chi connectivity index (χ1) is 10.5. The summed E-state index contributed by atoms with van der Waals surface area (Å²) < 4.78 is 2.23. The van der Waals surface area contributed by atoms with Crippen molar-refractivity contribution < 1.29 is 4.79 Å². The lowest BCUT2D eigenvalue weighted by atomic mass is 10.2. The predicted molar refractivity (Wildman–Crippen MR) is 84.6 cm³/mol. The summed E-state index contributed by atoms with van der Waals surface area (Å²) in [7, 11) is 0. The number of aromatic nitrogens is 4. The maximum atomic E-state index is 11.0. The van der Waals surface area contributed by atoms with Crippen molar-refractivity contribution in [3.8, 4) is 0 Å². The average molecular weight is 320 g/mol. The Bertz CT molecular complexity index is 677. The SMILES string of the molecule is CC(=O)Nc1nc(CN2CCn3c(nnc3C(C)C)C2)cs1. The van der Waals surface area contributed by atoms with Crippen molar-refractivity contribution in [3.05, 3.63) is 22.7 Å². The van der Waals surface area contributed by atoms with E-state index in [9.17, 15) is 4.79 Å². The minimum Gasteiger partial charge on any atom is -0.312 e. The van der Waals surface area contributed by atoms with E-state index >= 15 is 0 Å².